The molecule has 3 aromatic rings. The maximum atomic E-state index is 13.4. The predicted octanol–water partition coefficient (Wildman–Crippen LogP) is 4.25. The van der Waals surface area contributed by atoms with Crippen LogP contribution >= 0.6 is 0 Å². The highest BCUT2D eigenvalue weighted by atomic mass is 16.5. The first kappa shape index (κ1) is 23.2. The Morgan fingerprint density at radius 3 is 2.44 bits per heavy atom. The first-order valence-corrected chi connectivity index (χ1v) is 10.4. The van der Waals surface area contributed by atoms with Crippen molar-refractivity contribution in [1.29, 1.82) is 0 Å². The highest BCUT2D eigenvalue weighted by Gasteiger charge is 2.21. The van der Waals surface area contributed by atoms with Crippen LogP contribution < -0.4 is 25.0 Å². The summed E-state index contributed by atoms with van der Waals surface area (Å²) in [7, 11) is 3.07. The van der Waals surface area contributed by atoms with Crippen molar-refractivity contribution in [3.8, 4) is 28.6 Å². The molecule has 7 nitrogen and oxygen atoms in total. The van der Waals surface area contributed by atoms with Gasteiger partial charge in [-0.15, -0.1) is 0 Å². The maximum Gasteiger partial charge on any atom is 0.257 e. The van der Waals surface area contributed by atoms with E-state index in [-0.39, 0.29) is 29.5 Å². The molecular weight excluding hydrogens is 410 g/mol. The van der Waals surface area contributed by atoms with Crippen LogP contribution in [0, 0.1) is 19.8 Å². The van der Waals surface area contributed by atoms with Crippen molar-refractivity contribution in [1.82, 2.24) is 5.32 Å². The molecule has 1 heterocycles. The number of carbonyl (C=O) groups excluding carboxylic acids is 1. The van der Waals surface area contributed by atoms with Crippen molar-refractivity contribution in [3.63, 3.8) is 0 Å². The van der Waals surface area contributed by atoms with Crippen LogP contribution in [0.2, 0.25) is 0 Å². The van der Waals surface area contributed by atoms with Crippen molar-refractivity contribution >= 4 is 16.9 Å². The van der Waals surface area contributed by atoms with Gasteiger partial charge in [0.25, 0.3) is 5.91 Å². The van der Waals surface area contributed by atoms with Crippen LogP contribution in [0.5, 0.6) is 17.2 Å². The van der Waals surface area contributed by atoms with E-state index in [1.165, 1.54) is 7.11 Å². The van der Waals surface area contributed by atoms with Crippen molar-refractivity contribution in [2.45, 2.75) is 27.7 Å². The third-order valence-electron chi connectivity index (χ3n) is 4.98. The molecule has 170 valence electrons. The number of aryl methyl sites for hydroxylation is 2. The van der Waals surface area contributed by atoms with Gasteiger partial charge in [0.15, 0.2) is 23.9 Å². The second-order valence-corrected chi connectivity index (χ2v) is 8.10. The van der Waals surface area contributed by atoms with Crippen LogP contribution in [-0.2, 0) is 4.79 Å². The lowest BCUT2D eigenvalue weighted by atomic mass is 10.0. The summed E-state index contributed by atoms with van der Waals surface area (Å²) in [6, 6.07) is 8.89. The molecular formula is C25H29NO6. The van der Waals surface area contributed by atoms with Gasteiger partial charge in [0.05, 0.1) is 19.6 Å². The summed E-state index contributed by atoms with van der Waals surface area (Å²) in [5.74, 6) is 1.23. The number of methoxy groups -OCH3 is 2. The van der Waals surface area contributed by atoms with E-state index < -0.39 is 0 Å². The summed E-state index contributed by atoms with van der Waals surface area (Å²) in [6.07, 6.45) is 0. The minimum absolute atomic E-state index is 0.0191. The number of carbonyl (C=O) groups is 1. The minimum atomic E-state index is -0.334. The summed E-state index contributed by atoms with van der Waals surface area (Å²) in [5, 5.41) is 3.19. The molecule has 0 atom stereocenters. The molecule has 0 saturated carbocycles. The fourth-order valence-corrected chi connectivity index (χ4v) is 3.44. The molecule has 0 aliphatic carbocycles. The van der Waals surface area contributed by atoms with E-state index in [4.69, 9.17) is 18.6 Å². The standard InChI is InChI=1S/C25H29NO6/c1-14(2)12-26-21(27)13-31-25-22(28)18-10-15(3)9-16(4)23(18)32-24(25)17-7-8-19(29-5)20(11-17)30-6/h7-11,14H,12-13H2,1-6H3,(H,26,27). The Kier molecular flexibility index (Phi) is 7.08. The first-order chi connectivity index (χ1) is 15.2. The zero-order chi connectivity index (χ0) is 23.4. The quantitative estimate of drug-likeness (QED) is 0.565. The maximum absolute atomic E-state index is 13.4. The molecule has 7 heteroatoms. The average molecular weight is 440 g/mol. The molecule has 0 unspecified atom stereocenters. The van der Waals surface area contributed by atoms with Gasteiger partial charge in [-0.1, -0.05) is 19.9 Å². The van der Waals surface area contributed by atoms with Gasteiger partial charge < -0.3 is 23.9 Å². The van der Waals surface area contributed by atoms with Gasteiger partial charge in [0, 0.05) is 12.1 Å². The van der Waals surface area contributed by atoms with Gasteiger partial charge in [-0.2, -0.15) is 0 Å². The van der Waals surface area contributed by atoms with Gasteiger partial charge in [0.1, 0.15) is 5.58 Å². The van der Waals surface area contributed by atoms with Crippen LogP contribution in [0.1, 0.15) is 25.0 Å². The Hall–Kier alpha value is -3.48. The lowest BCUT2D eigenvalue weighted by Gasteiger charge is -2.15. The first-order valence-electron chi connectivity index (χ1n) is 10.4. The average Bonchev–Trinajstić information content (AvgIpc) is 2.76. The minimum Gasteiger partial charge on any atom is -0.493 e. The summed E-state index contributed by atoms with van der Waals surface area (Å²) in [5.41, 5.74) is 2.47. The Morgan fingerprint density at radius 2 is 1.78 bits per heavy atom. The number of amides is 1. The second kappa shape index (κ2) is 9.77. The van der Waals surface area contributed by atoms with Crippen LogP contribution in [0.4, 0.5) is 0 Å². The summed E-state index contributed by atoms with van der Waals surface area (Å²) < 4.78 is 22.6. The number of benzene rings is 2. The highest BCUT2D eigenvalue weighted by molar-refractivity contribution is 5.85. The summed E-state index contributed by atoms with van der Waals surface area (Å²) in [4.78, 5) is 25.6. The SMILES string of the molecule is COc1ccc(-c2oc3c(C)cc(C)cc3c(=O)c2OCC(=O)NCC(C)C)cc1OC. The van der Waals surface area contributed by atoms with Crippen molar-refractivity contribution in [3.05, 3.63) is 51.7 Å². The lowest BCUT2D eigenvalue weighted by Crippen LogP contribution is -2.32. The van der Waals surface area contributed by atoms with Crippen LogP contribution in [-0.4, -0.2) is 33.3 Å². The molecule has 0 fully saturated rings. The third kappa shape index (κ3) is 4.88. The van der Waals surface area contributed by atoms with Gasteiger partial charge >= 0.3 is 0 Å². The Labute approximate surface area is 187 Å². The largest absolute Gasteiger partial charge is 0.493 e. The third-order valence-corrected chi connectivity index (χ3v) is 4.98. The monoisotopic (exact) mass is 439 g/mol. The number of rotatable bonds is 8. The summed E-state index contributed by atoms with van der Waals surface area (Å²) >= 11 is 0. The molecule has 3 rings (SSSR count). The zero-order valence-electron chi connectivity index (χ0n) is 19.3. The van der Waals surface area contributed by atoms with Gasteiger partial charge in [-0.05, 0) is 55.2 Å². The van der Waals surface area contributed by atoms with Crippen LogP contribution in [0.3, 0.4) is 0 Å². The van der Waals surface area contributed by atoms with Gasteiger partial charge in [0.2, 0.25) is 11.2 Å². The number of nitrogens with one attached hydrogen (secondary N) is 1. The smallest absolute Gasteiger partial charge is 0.257 e. The van der Waals surface area contributed by atoms with E-state index in [9.17, 15) is 9.59 Å². The molecule has 0 spiro atoms. The number of fused-ring (bicyclic) bond motifs is 1. The Bertz CT molecular complexity index is 1200. The number of ether oxygens (including phenoxy) is 3. The van der Waals surface area contributed by atoms with Crippen molar-refractivity contribution < 1.29 is 23.4 Å². The van der Waals surface area contributed by atoms with E-state index in [1.54, 1.807) is 31.4 Å². The van der Waals surface area contributed by atoms with Crippen molar-refractivity contribution in [2.24, 2.45) is 5.92 Å². The Balaban J connectivity index is 2.14. The van der Waals surface area contributed by atoms with E-state index in [1.807, 2.05) is 33.8 Å². The van der Waals surface area contributed by atoms with Crippen LogP contribution in [0.25, 0.3) is 22.3 Å². The number of hydrogen-bond donors (Lipinski definition) is 1. The molecule has 0 bridgehead atoms. The zero-order valence-corrected chi connectivity index (χ0v) is 19.3. The Morgan fingerprint density at radius 1 is 1.06 bits per heavy atom. The van der Waals surface area contributed by atoms with Crippen LogP contribution in [0.15, 0.2) is 39.5 Å². The lowest BCUT2D eigenvalue weighted by molar-refractivity contribution is -0.123. The van der Waals surface area contributed by atoms with E-state index >= 15 is 0 Å². The predicted molar refractivity (Wildman–Crippen MR) is 124 cm³/mol. The van der Waals surface area contributed by atoms with Gasteiger partial charge in [-0.3, -0.25) is 9.59 Å². The van der Waals surface area contributed by atoms with E-state index in [0.29, 0.717) is 40.5 Å². The normalized spacial score (nSPS) is 11.0. The molecule has 1 amide bonds. The fraction of sp³-hybridized carbons (Fsp3) is 0.360. The molecule has 0 radical (unpaired) electrons. The molecule has 2 aromatic carbocycles. The molecule has 1 N–H and O–H groups in total. The molecule has 1 aromatic heterocycles. The summed E-state index contributed by atoms with van der Waals surface area (Å²) in [6.45, 7) is 8.02. The molecule has 0 aliphatic heterocycles. The van der Waals surface area contributed by atoms with Crippen molar-refractivity contribution in [2.75, 3.05) is 27.4 Å². The second-order valence-electron chi connectivity index (χ2n) is 8.10. The fourth-order valence-electron chi connectivity index (χ4n) is 3.44. The van der Waals surface area contributed by atoms with E-state index in [2.05, 4.69) is 5.32 Å². The molecule has 0 aliphatic rings. The topological polar surface area (TPSA) is 87.0 Å². The van der Waals surface area contributed by atoms with E-state index in [0.717, 1.165) is 11.1 Å². The number of hydrogen-bond acceptors (Lipinski definition) is 6. The highest BCUT2D eigenvalue weighted by Crippen LogP contribution is 2.37. The molecule has 0 saturated heterocycles. The molecule has 32 heavy (non-hydrogen) atoms. The van der Waals surface area contributed by atoms with Gasteiger partial charge in [-0.25, -0.2) is 0 Å².